The smallest absolute Gasteiger partial charge is 0.339 e. The van der Waals surface area contributed by atoms with Crippen molar-refractivity contribution in [3.8, 4) is 0 Å². The Labute approximate surface area is 111 Å². The third kappa shape index (κ3) is 2.08. The quantitative estimate of drug-likeness (QED) is 0.853. The summed E-state index contributed by atoms with van der Waals surface area (Å²) in [4.78, 5) is 29.1. The van der Waals surface area contributed by atoms with Crippen molar-refractivity contribution in [2.45, 2.75) is 26.3 Å². The van der Waals surface area contributed by atoms with Crippen LogP contribution in [0.5, 0.6) is 0 Å². The highest BCUT2D eigenvalue weighted by Gasteiger charge is 2.46. The number of aromatic nitrogens is 1. The maximum Gasteiger partial charge on any atom is 0.339 e. The van der Waals surface area contributed by atoms with Gasteiger partial charge in [0.05, 0.1) is 12.2 Å². The molecular formula is C13H17N3O3. The van der Waals surface area contributed by atoms with Crippen molar-refractivity contribution < 1.29 is 14.7 Å². The maximum absolute atomic E-state index is 12.5. The molecule has 1 amide bonds. The summed E-state index contributed by atoms with van der Waals surface area (Å²) in [6, 6.07) is 2.99. The standard InChI is InChI=1S/C13H17N3O3/c1-8(2)13(3)12(19)16(7-15-13)10-9(11(17)18)5-4-6-14-10/h4-6,8,15H,7H2,1-3H3,(H,17,18). The van der Waals surface area contributed by atoms with Gasteiger partial charge >= 0.3 is 5.97 Å². The zero-order chi connectivity index (χ0) is 14.2. The Morgan fingerprint density at radius 2 is 2.26 bits per heavy atom. The number of pyridine rings is 1. The van der Waals surface area contributed by atoms with Crippen LogP contribution < -0.4 is 10.2 Å². The Kier molecular flexibility index (Phi) is 3.28. The second-order valence-corrected chi connectivity index (χ2v) is 5.10. The molecule has 6 heteroatoms. The normalized spacial score (nSPS) is 23.2. The van der Waals surface area contributed by atoms with Gasteiger partial charge in [0.2, 0.25) is 5.91 Å². The van der Waals surface area contributed by atoms with Crippen molar-refractivity contribution in [2.24, 2.45) is 5.92 Å². The molecule has 0 aliphatic carbocycles. The van der Waals surface area contributed by atoms with Gasteiger partial charge < -0.3 is 5.11 Å². The average Bonchev–Trinajstić information content (AvgIpc) is 2.67. The first-order valence-electron chi connectivity index (χ1n) is 6.13. The van der Waals surface area contributed by atoms with E-state index < -0.39 is 11.5 Å². The van der Waals surface area contributed by atoms with Gasteiger partial charge in [-0.3, -0.25) is 15.0 Å². The number of nitrogens with one attached hydrogen (secondary N) is 1. The number of carbonyl (C=O) groups excluding carboxylic acids is 1. The largest absolute Gasteiger partial charge is 0.478 e. The van der Waals surface area contributed by atoms with E-state index in [0.717, 1.165) is 0 Å². The molecule has 0 saturated carbocycles. The zero-order valence-electron chi connectivity index (χ0n) is 11.2. The molecule has 2 N–H and O–H groups in total. The number of amides is 1. The van der Waals surface area contributed by atoms with Gasteiger partial charge in [0.15, 0.2) is 5.82 Å². The van der Waals surface area contributed by atoms with Gasteiger partial charge in [0.25, 0.3) is 0 Å². The molecule has 1 aromatic rings. The first-order chi connectivity index (χ1) is 8.88. The van der Waals surface area contributed by atoms with Crippen LogP contribution in [0.25, 0.3) is 0 Å². The zero-order valence-corrected chi connectivity index (χ0v) is 11.2. The lowest BCUT2D eigenvalue weighted by Crippen LogP contribution is -2.48. The highest BCUT2D eigenvalue weighted by molar-refractivity contribution is 6.05. The molecule has 1 aliphatic rings. The molecule has 0 aromatic carbocycles. The fourth-order valence-electron chi connectivity index (χ4n) is 2.07. The lowest BCUT2D eigenvalue weighted by atomic mass is 9.88. The Bertz CT molecular complexity index is 530. The van der Waals surface area contributed by atoms with E-state index in [1.165, 1.54) is 17.2 Å². The van der Waals surface area contributed by atoms with Crippen molar-refractivity contribution in [3.05, 3.63) is 23.9 Å². The Hall–Kier alpha value is -1.95. The minimum absolute atomic E-state index is 0.0330. The molecule has 1 unspecified atom stereocenters. The van der Waals surface area contributed by atoms with Crippen LogP contribution in [0.4, 0.5) is 5.82 Å². The first-order valence-corrected chi connectivity index (χ1v) is 6.13. The van der Waals surface area contributed by atoms with Gasteiger partial charge in [-0.15, -0.1) is 0 Å². The Morgan fingerprint density at radius 1 is 1.58 bits per heavy atom. The van der Waals surface area contributed by atoms with E-state index in [9.17, 15) is 9.59 Å². The van der Waals surface area contributed by atoms with E-state index in [1.54, 1.807) is 6.07 Å². The van der Waals surface area contributed by atoms with E-state index >= 15 is 0 Å². The number of hydrogen-bond donors (Lipinski definition) is 2. The third-order valence-corrected chi connectivity index (χ3v) is 3.72. The second-order valence-electron chi connectivity index (χ2n) is 5.10. The van der Waals surface area contributed by atoms with E-state index in [0.29, 0.717) is 0 Å². The molecule has 6 nitrogen and oxygen atoms in total. The molecule has 2 rings (SSSR count). The Morgan fingerprint density at radius 3 is 2.79 bits per heavy atom. The van der Waals surface area contributed by atoms with Crippen molar-refractivity contribution in [3.63, 3.8) is 0 Å². The molecule has 1 aromatic heterocycles. The molecule has 1 atom stereocenters. The lowest BCUT2D eigenvalue weighted by molar-refractivity contribution is -0.123. The highest BCUT2D eigenvalue weighted by Crippen LogP contribution is 2.28. The summed E-state index contributed by atoms with van der Waals surface area (Å²) in [6.07, 6.45) is 1.49. The van der Waals surface area contributed by atoms with E-state index in [-0.39, 0.29) is 29.9 Å². The summed E-state index contributed by atoms with van der Waals surface area (Å²) >= 11 is 0. The second kappa shape index (κ2) is 4.62. The predicted molar refractivity (Wildman–Crippen MR) is 69.9 cm³/mol. The van der Waals surface area contributed by atoms with Crippen molar-refractivity contribution >= 4 is 17.7 Å². The van der Waals surface area contributed by atoms with E-state index in [4.69, 9.17) is 5.11 Å². The monoisotopic (exact) mass is 263 g/mol. The molecule has 102 valence electrons. The van der Waals surface area contributed by atoms with E-state index in [2.05, 4.69) is 10.3 Å². The van der Waals surface area contributed by atoms with Gasteiger partial charge in [-0.25, -0.2) is 9.78 Å². The van der Waals surface area contributed by atoms with Crippen LogP contribution in [0.15, 0.2) is 18.3 Å². The maximum atomic E-state index is 12.5. The minimum Gasteiger partial charge on any atom is -0.478 e. The number of carboxylic acid groups (broad SMARTS) is 1. The fraction of sp³-hybridized carbons (Fsp3) is 0.462. The van der Waals surface area contributed by atoms with Crippen LogP contribution in [0.1, 0.15) is 31.1 Å². The average molecular weight is 263 g/mol. The number of carboxylic acids is 1. The minimum atomic E-state index is -1.09. The summed E-state index contributed by atoms with van der Waals surface area (Å²) in [6.45, 7) is 5.99. The number of hydrogen-bond acceptors (Lipinski definition) is 4. The van der Waals surface area contributed by atoms with Gasteiger partial charge in [-0.2, -0.15) is 0 Å². The molecular weight excluding hydrogens is 246 g/mol. The van der Waals surface area contributed by atoms with Gasteiger partial charge in [-0.05, 0) is 25.0 Å². The van der Waals surface area contributed by atoms with Crippen LogP contribution >= 0.6 is 0 Å². The number of carbonyl (C=O) groups is 2. The number of nitrogens with zero attached hydrogens (tertiary/aromatic N) is 2. The predicted octanol–water partition coefficient (Wildman–Crippen LogP) is 1.09. The van der Waals surface area contributed by atoms with Gasteiger partial charge in [-0.1, -0.05) is 13.8 Å². The molecule has 2 heterocycles. The van der Waals surface area contributed by atoms with Crippen LogP contribution in [-0.2, 0) is 4.79 Å². The Balaban J connectivity index is 2.41. The number of anilines is 1. The van der Waals surface area contributed by atoms with Gasteiger partial charge in [0.1, 0.15) is 5.56 Å². The SMILES string of the molecule is CC(C)C1(C)NCN(c2ncccc2C(=O)O)C1=O. The van der Waals surface area contributed by atoms with Crippen LogP contribution in [0, 0.1) is 5.92 Å². The lowest BCUT2D eigenvalue weighted by Gasteiger charge is -2.26. The first kappa shape index (κ1) is 13.5. The van der Waals surface area contributed by atoms with Crippen LogP contribution in [0.3, 0.4) is 0 Å². The molecule has 0 radical (unpaired) electrons. The molecule has 1 saturated heterocycles. The van der Waals surface area contributed by atoms with E-state index in [1.807, 2.05) is 20.8 Å². The molecule has 1 fully saturated rings. The van der Waals surface area contributed by atoms with Crippen LogP contribution in [-0.4, -0.2) is 34.2 Å². The summed E-state index contributed by atoms with van der Waals surface area (Å²) < 4.78 is 0. The number of aromatic carboxylic acids is 1. The molecule has 19 heavy (non-hydrogen) atoms. The topological polar surface area (TPSA) is 82.5 Å². The molecule has 0 bridgehead atoms. The summed E-state index contributed by atoms with van der Waals surface area (Å²) in [7, 11) is 0. The van der Waals surface area contributed by atoms with Crippen molar-refractivity contribution in [1.29, 1.82) is 0 Å². The molecule has 1 aliphatic heterocycles. The number of rotatable bonds is 3. The van der Waals surface area contributed by atoms with Crippen molar-refractivity contribution in [1.82, 2.24) is 10.3 Å². The summed E-state index contributed by atoms with van der Waals surface area (Å²) in [5, 5.41) is 12.3. The summed E-state index contributed by atoms with van der Waals surface area (Å²) in [5.41, 5.74) is -0.654. The van der Waals surface area contributed by atoms with Gasteiger partial charge in [0, 0.05) is 6.20 Å². The summed E-state index contributed by atoms with van der Waals surface area (Å²) in [5.74, 6) is -0.948. The van der Waals surface area contributed by atoms with Crippen LogP contribution in [0.2, 0.25) is 0 Å². The third-order valence-electron chi connectivity index (χ3n) is 3.72. The highest BCUT2D eigenvalue weighted by atomic mass is 16.4. The molecule has 0 spiro atoms. The van der Waals surface area contributed by atoms with Crippen molar-refractivity contribution in [2.75, 3.05) is 11.6 Å². The fourth-order valence-corrected chi connectivity index (χ4v) is 2.07.